The molecule has 0 fully saturated rings. The van der Waals surface area contributed by atoms with Crippen molar-refractivity contribution in [2.24, 2.45) is 5.73 Å². The Kier molecular flexibility index (Phi) is 6.54. The third kappa shape index (κ3) is 5.28. The Morgan fingerprint density at radius 3 is 2.75 bits per heavy atom. The van der Waals surface area contributed by atoms with E-state index in [1.165, 1.54) is 11.8 Å². The van der Waals surface area contributed by atoms with Crippen LogP contribution in [0.3, 0.4) is 0 Å². The Labute approximate surface area is 165 Å². The van der Waals surface area contributed by atoms with Crippen LogP contribution in [0.1, 0.15) is 10.4 Å². The Balaban J connectivity index is 1.38. The van der Waals surface area contributed by atoms with E-state index in [1.54, 1.807) is 24.3 Å². The van der Waals surface area contributed by atoms with Crippen LogP contribution in [0.15, 0.2) is 58.2 Å². The van der Waals surface area contributed by atoms with Crippen molar-refractivity contribution in [2.45, 2.75) is 5.22 Å². The molecule has 3 N–H and O–H groups in total. The van der Waals surface area contributed by atoms with Gasteiger partial charge in [0.05, 0.1) is 17.9 Å². The maximum Gasteiger partial charge on any atom is 0.257 e. The number of carbonyl (C=O) groups excluding carboxylic acids is 2. The van der Waals surface area contributed by atoms with Gasteiger partial charge < -0.3 is 20.2 Å². The summed E-state index contributed by atoms with van der Waals surface area (Å²) in [5.74, 6) is 5.37. The fraction of sp³-hybridized carbons (Fsp3) is 0.150. The Bertz CT molecular complexity index is 1020. The third-order valence-corrected chi connectivity index (χ3v) is 4.38. The second-order valence-corrected chi connectivity index (χ2v) is 6.44. The maximum atomic E-state index is 11.9. The van der Waals surface area contributed by atoms with Crippen LogP contribution in [0.4, 0.5) is 0 Å². The summed E-state index contributed by atoms with van der Waals surface area (Å²) in [7, 11) is 0. The number of nitrogens with two attached hydrogens (primary N) is 1. The second kappa shape index (κ2) is 9.48. The van der Waals surface area contributed by atoms with Gasteiger partial charge in [-0.25, -0.2) is 4.98 Å². The molecule has 0 atom stereocenters. The van der Waals surface area contributed by atoms with E-state index in [0.717, 1.165) is 5.52 Å². The number of oxazole rings is 1. The number of aromatic nitrogens is 1. The van der Waals surface area contributed by atoms with Crippen molar-refractivity contribution in [3.63, 3.8) is 0 Å². The van der Waals surface area contributed by atoms with E-state index in [2.05, 4.69) is 22.1 Å². The van der Waals surface area contributed by atoms with Crippen LogP contribution in [-0.2, 0) is 4.79 Å². The number of nitrogens with one attached hydrogen (secondary N) is 1. The minimum absolute atomic E-state index is 0.0812. The topological polar surface area (TPSA) is 107 Å². The van der Waals surface area contributed by atoms with Crippen molar-refractivity contribution in [1.29, 1.82) is 0 Å². The van der Waals surface area contributed by atoms with Gasteiger partial charge in [-0.2, -0.15) is 0 Å². The highest BCUT2D eigenvalue weighted by Crippen LogP contribution is 2.22. The smallest absolute Gasteiger partial charge is 0.257 e. The molecule has 28 heavy (non-hydrogen) atoms. The number of hydrogen-bond acceptors (Lipinski definition) is 6. The van der Waals surface area contributed by atoms with E-state index >= 15 is 0 Å². The highest BCUT2D eigenvalue weighted by molar-refractivity contribution is 7.99. The summed E-state index contributed by atoms with van der Waals surface area (Å²) < 4.78 is 11.0. The fourth-order valence-electron chi connectivity index (χ4n) is 2.26. The number of thioether (sulfide) groups is 1. The van der Waals surface area contributed by atoms with E-state index in [-0.39, 0.29) is 24.8 Å². The SMILES string of the molecule is NC(=O)c1ccccc1OCC#CCNC(=O)CSc1nc2ccccc2o1. The standard InChI is InChI=1S/C20H17N3O4S/c21-19(25)14-7-1-3-9-16(14)26-12-6-5-11-22-18(24)13-28-20-23-15-8-2-4-10-17(15)27-20/h1-4,7-10H,11-13H2,(H2,21,25)(H,22,24). The van der Waals surface area contributed by atoms with Crippen molar-refractivity contribution in [1.82, 2.24) is 10.3 Å². The fourth-order valence-corrected chi connectivity index (χ4v) is 2.93. The van der Waals surface area contributed by atoms with Gasteiger partial charge in [0, 0.05) is 0 Å². The number of primary amides is 1. The number of carbonyl (C=O) groups is 2. The summed E-state index contributed by atoms with van der Waals surface area (Å²) in [6.45, 7) is 0.269. The van der Waals surface area contributed by atoms with Gasteiger partial charge in [-0.1, -0.05) is 47.9 Å². The lowest BCUT2D eigenvalue weighted by molar-refractivity contribution is -0.118. The molecule has 0 aliphatic rings. The normalized spacial score (nSPS) is 10.1. The molecule has 0 unspecified atom stereocenters. The van der Waals surface area contributed by atoms with Crippen LogP contribution < -0.4 is 15.8 Å². The van der Waals surface area contributed by atoms with E-state index in [1.807, 2.05) is 24.3 Å². The molecule has 0 saturated carbocycles. The van der Waals surface area contributed by atoms with Crippen molar-refractivity contribution < 1.29 is 18.7 Å². The molecule has 3 rings (SSSR count). The molecule has 142 valence electrons. The molecule has 0 aliphatic carbocycles. The number of fused-ring (bicyclic) bond motifs is 1. The predicted octanol–water partition coefficient (Wildman–Crippen LogP) is 2.22. The molecule has 1 heterocycles. The minimum Gasteiger partial charge on any atom is -0.480 e. The summed E-state index contributed by atoms with van der Waals surface area (Å²) in [6, 6.07) is 14.1. The van der Waals surface area contributed by atoms with Crippen LogP contribution in [0, 0.1) is 11.8 Å². The minimum atomic E-state index is -0.563. The first kappa shape index (κ1) is 19.3. The summed E-state index contributed by atoms with van der Waals surface area (Å²) in [4.78, 5) is 27.4. The van der Waals surface area contributed by atoms with Gasteiger partial charge in [0.15, 0.2) is 5.58 Å². The van der Waals surface area contributed by atoms with Gasteiger partial charge in [-0.3, -0.25) is 9.59 Å². The average molecular weight is 395 g/mol. The number of nitrogens with zero attached hydrogens (tertiary/aromatic N) is 1. The molecule has 1 aromatic heterocycles. The summed E-state index contributed by atoms with van der Waals surface area (Å²) in [6.07, 6.45) is 0. The van der Waals surface area contributed by atoms with Crippen LogP contribution in [0.5, 0.6) is 5.75 Å². The lowest BCUT2D eigenvalue weighted by Crippen LogP contribution is -2.25. The first-order chi connectivity index (χ1) is 13.6. The third-order valence-electron chi connectivity index (χ3n) is 3.55. The lowest BCUT2D eigenvalue weighted by Gasteiger charge is -2.05. The zero-order valence-electron chi connectivity index (χ0n) is 14.8. The second-order valence-electron chi connectivity index (χ2n) is 5.52. The van der Waals surface area contributed by atoms with Crippen molar-refractivity contribution in [2.75, 3.05) is 18.9 Å². The predicted molar refractivity (Wildman–Crippen MR) is 106 cm³/mol. The molecule has 8 heteroatoms. The monoisotopic (exact) mass is 395 g/mol. The van der Waals surface area contributed by atoms with E-state index < -0.39 is 5.91 Å². The Morgan fingerprint density at radius 2 is 1.93 bits per heavy atom. The first-order valence-electron chi connectivity index (χ1n) is 8.36. The number of ether oxygens (including phenoxy) is 1. The van der Waals surface area contributed by atoms with Gasteiger partial charge in [0.25, 0.3) is 11.1 Å². The molecule has 0 aliphatic heterocycles. The van der Waals surface area contributed by atoms with Crippen LogP contribution in [0.2, 0.25) is 0 Å². The number of rotatable bonds is 7. The zero-order chi connectivity index (χ0) is 19.8. The van der Waals surface area contributed by atoms with Crippen LogP contribution >= 0.6 is 11.8 Å². The quantitative estimate of drug-likeness (QED) is 0.469. The Morgan fingerprint density at radius 1 is 1.14 bits per heavy atom. The van der Waals surface area contributed by atoms with Gasteiger partial charge in [-0.05, 0) is 24.3 Å². The molecule has 2 amide bonds. The number of hydrogen-bond donors (Lipinski definition) is 2. The molecular formula is C20H17N3O4S. The van der Waals surface area contributed by atoms with Crippen molar-refractivity contribution in [3.8, 4) is 17.6 Å². The highest BCUT2D eigenvalue weighted by atomic mass is 32.2. The molecule has 7 nitrogen and oxygen atoms in total. The summed E-state index contributed by atoms with van der Waals surface area (Å²) in [5.41, 5.74) is 7.02. The number of benzene rings is 2. The molecule has 2 aromatic carbocycles. The molecule has 3 aromatic rings. The molecule has 0 radical (unpaired) electrons. The molecule has 0 saturated heterocycles. The van der Waals surface area contributed by atoms with E-state index in [0.29, 0.717) is 22.1 Å². The van der Waals surface area contributed by atoms with Crippen molar-refractivity contribution >= 4 is 34.7 Å². The van der Waals surface area contributed by atoms with Gasteiger partial charge in [-0.15, -0.1) is 0 Å². The molecular weight excluding hydrogens is 378 g/mol. The largest absolute Gasteiger partial charge is 0.480 e. The van der Waals surface area contributed by atoms with Gasteiger partial charge >= 0.3 is 0 Å². The first-order valence-corrected chi connectivity index (χ1v) is 9.34. The van der Waals surface area contributed by atoms with Gasteiger partial charge in [0.1, 0.15) is 17.9 Å². The lowest BCUT2D eigenvalue weighted by atomic mass is 10.2. The van der Waals surface area contributed by atoms with Crippen LogP contribution in [0.25, 0.3) is 11.1 Å². The highest BCUT2D eigenvalue weighted by Gasteiger charge is 2.09. The average Bonchev–Trinajstić information content (AvgIpc) is 3.12. The molecule has 0 bridgehead atoms. The van der Waals surface area contributed by atoms with E-state index in [4.69, 9.17) is 14.9 Å². The number of amides is 2. The summed E-state index contributed by atoms with van der Waals surface area (Å²) >= 11 is 1.22. The van der Waals surface area contributed by atoms with Gasteiger partial charge in [0.2, 0.25) is 5.91 Å². The van der Waals surface area contributed by atoms with Crippen LogP contribution in [-0.4, -0.2) is 35.7 Å². The zero-order valence-corrected chi connectivity index (χ0v) is 15.6. The summed E-state index contributed by atoms with van der Waals surface area (Å²) in [5, 5.41) is 3.13. The molecule has 0 spiro atoms. The Hall–Kier alpha value is -3.44. The van der Waals surface area contributed by atoms with E-state index in [9.17, 15) is 9.59 Å². The van der Waals surface area contributed by atoms with Crippen molar-refractivity contribution in [3.05, 3.63) is 54.1 Å². The number of para-hydroxylation sites is 3. The maximum absolute atomic E-state index is 11.9.